The van der Waals surface area contributed by atoms with Crippen LogP contribution in [-0.2, 0) is 4.74 Å². The van der Waals surface area contributed by atoms with Crippen LogP contribution in [0.3, 0.4) is 0 Å². The molecule has 0 atom stereocenters. The Balaban J connectivity index is 1.94. The zero-order valence-corrected chi connectivity index (χ0v) is 13.0. The number of anilines is 1. The second-order valence-electron chi connectivity index (χ2n) is 6.24. The van der Waals surface area contributed by atoms with Crippen LogP contribution in [0.1, 0.15) is 40.0 Å². The van der Waals surface area contributed by atoms with Crippen LogP contribution in [0.15, 0.2) is 34.5 Å². The smallest absolute Gasteiger partial charge is 0.441 e. The molecule has 0 N–H and O–H groups in total. The second-order valence-corrected chi connectivity index (χ2v) is 6.24. The van der Waals surface area contributed by atoms with Crippen molar-refractivity contribution in [2.75, 3.05) is 18.0 Å². The summed E-state index contributed by atoms with van der Waals surface area (Å²) in [6.45, 7) is 7.62. The van der Waals surface area contributed by atoms with Crippen molar-refractivity contribution in [3.63, 3.8) is 0 Å². The predicted octanol–water partition coefficient (Wildman–Crippen LogP) is 4.70. The van der Waals surface area contributed by atoms with Crippen molar-refractivity contribution in [1.29, 1.82) is 0 Å². The van der Waals surface area contributed by atoms with Gasteiger partial charge in [-0.1, -0.05) is 5.11 Å². The van der Waals surface area contributed by atoms with E-state index in [1.807, 2.05) is 24.3 Å². The summed E-state index contributed by atoms with van der Waals surface area (Å²) in [4.78, 5) is 13.8. The van der Waals surface area contributed by atoms with Crippen molar-refractivity contribution in [2.24, 2.45) is 10.2 Å². The van der Waals surface area contributed by atoms with Gasteiger partial charge in [0, 0.05) is 18.8 Å². The van der Waals surface area contributed by atoms with E-state index in [0.29, 0.717) is 5.69 Å². The van der Waals surface area contributed by atoms with Gasteiger partial charge in [-0.05, 0) is 64.3 Å². The van der Waals surface area contributed by atoms with Crippen molar-refractivity contribution in [3.05, 3.63) is 24.3 Å². The highest BCUT2D eigenvalue weighted by Crippen LogP contribution is 2.23. The SMILES string of the molecule is CC(C)(C)OC(=O)N=Nc1ccc(N2CCCCC2)cc1. The molecule has 0 spiro atoms. The fraction of sp³-hybridized carbons (Fsp3) is 0.562. The molecular formula is C16H23N3O2. The third-order valence-corrected chi connectivity index (χ3v) is 3.21. The lowest BCUT2D eigenvalue weighted by Gasteiger charge is -2.28. The molecule has 0 aromatic heterocycles. The molecule has 2 rings (SSSR count). The number of nitrogens with zero attached hydrogens (tertiary/aromatic N) is 3. The second kappa shape index (κ2) is 6.70. The molecule has 0 saturated carbocycles. The molecule has 1 fully saturated rings. The first-order chi connectivity index (χ1) is 9.94. The number of benzene rings is 1. The van der Waals surface area contributed by atoms with Gasteiger partial charge in [-0.3, -0.25) is 0 Å². The van der Waals surface area contributed by atoms with Crippen molar-refractivity contribution >= 4 is 17.5 Å². The topological polar surface area (TPSA) is 54.3 Å². The number of ether oxygens (including phenoxy) is 1. The van der Waals surface area contributed by atoms with Gasteiger partial charge in [0.15, 0.2) is 0 Å². The Hall–Kier alpha value is -1.91. The summed E-state index contributed by atoms with van der Waals surface area (Å²) < 4.78 is 5.07. The summed E-state index contributed by atoms with van der Waals surface area (Å²) in [6, 6.07) is 7.79. The van der Waals surface area contributed by atoms with E-state index in [-0.39, 0.29) is 0 Å². The molecule has 1 heterocycles. The summed E-state index contributed by atoms with van der Waals surface area (Å²) in [7, 11) is 0. The van der Waals surface area contributed by atoms with Gasteiger partial charge in [0.05, 0.1) is 5.69 Å². The van der Waals surface area contributed by atoms with Gasteiger partial charge in [0.1, 0.15) is 5.60 Å². The average Bonchev–Trinajstić information content (AvgIpc) is 2.45. The number of amides is 1. The Morgan fingerprint density at radius 2 is 1.71 bits per heavy atom. The lowest BCUT2D eigenvalue weighted by atomic mass is 10.1. The van der Waals surface area contributed by atoms with Gasteiger partial charge in [-0.25, -0.2) is 4.79 Å². The number of piperidine rings is 1. The fourth-order valence-electron chi connectivity index (χ4n) is 2.26. The molecule has 5 nitrogen and oxygen atoms in total. The summed E-state index contributed by atoms with van der Waals surface area (Å²) in [5.74, 6) is 0. The Morgan fingerprint density at radius 1 is 1.10 bits per heavy atom. The molecule has 0 radical (unpaired) electrons. The molecule has 0 aliphatic carbocycles. The minimum absolute atomic E-state index is 0.547. The zero-order valence-electron chi connectivity index (χ0n) is 13.0. The van der Waals surface area contributed by atoms with Crippen molar-refractivity contribution in [3.8, 4) is 0 Å². The number of azo groups is 1. The minimum atomic E-state index is -0.664. The molecule has 0 unspecified atom stereocenters. The first-order valence-corrected chi connectivity index (χ1v) is 7.44. The molecule has 1 aliphatic rings. The van der Waals surface area contributed by atoms with Gasteiger partial charge < -0.3 is 9.64 Å². The molecule has 1 saturated heterocycles. The molecule has 0 bridgehead atoms. The number of carbonyl (C=O) groups excluding carboxylic acids is 1. The van der Waals surface area contributed by atoms with Crippen molar-refractivity contribution < 1.29 is 9.53 Å². The van der Waals surface area contributed by atoms with Crippen LogP contribution in [0.5, 0.6) is 0 Å². The Morgan fingerprint density at radius 3 is 2.29 bits per heavy atom. The van der Waals surface area contributed by atoms with Crippen molar-refractivity contribution in [2.45, 2.75) is 45.6 Å². The third-order valence-electron chi connectivity index (χ3n) is 3.21. The van der Waals surface area contributed by atoms with E-state index in [2.05, 4.69) is 15.1 Å². The van der Waals surface area contributed by atoms with E-state index in [0.717, 1.165) is 13.1 Å². The van der Waals surface area contributed by atoms with Crippen LogP contribution < -0.4 is 4.90 Å². The lowest BCUT2D eigenvalue weighted by molar-refractivity contribution is 0.0592. The quantitative estimate of drug-likeness (QED) is 0.742. The number of hydrogen-bond donors (Lipinski definition) is 0. The van der Waals surface area contributed by atoms with Crippen LogP contribution in [0, 0.1) is 0 Å². The molecule has 5 heteroatoms. The van der Waals surface area contributed by atoms with Gasteiger partial charge in [0.2, 0.25) is 0 Å². The van der Waals surface area contributed by atoms with Crippen LogP contribution >= 0.6 is 0 Å². The first kappa shape index (κ1) is 15.5. The maximum absolute atomic E-state index is 11.5. The van der Waals surface area contributed by atoms with E-state index in [1.54, 1.807) is 20.8 Å². The summed E-state index contributed by atoms with van der Waals surface area (Å²) in [5.41, 5.74) is 1.31. The third kappa shape index (κ3) is 5.17. The number of rotatable bonds is 2. The average molecular weight is 289 g/mol. The largest absolute Gasteiger partial charge is 0.452 e. The number of hydrogen-bond acceptors (Lipinski definition) is 4. The van der Waals surface area contributed by atoms with Crippen LogP contribution in [0.25, 0.3) is 0 Å². The van der Waals surface area contributed by atoms with Crippen LogP contribution in [0.2, 0.25) is 0 Å². The lowest BCUT2D eigenvalue weighted by Crippen LogP contribution is -2.29. The van der Waals surface area contributed by atoms with Crippen LogP contribution in [0.4, 0.5) is 16.2 Å². The Kier molecular flexibility index (Phi) is 4.94. The monoisotopic (exact) mass is 289 g/mol. The normalized spacial score (nSPS) is 16.2. The molecular weight excluding hydrogens is 266 g/mol. The maximum Gasteiger partial charge on any atom is 0.452 e. The summed E-state index contributed by atoms with van der Waals surface area (Å²) in [6.07, 6.45) is 3.15. The Bertz CT molecular complexity index is 497. The number of carbonyl (C=O) groups is 1. The van der Waals surface area contributed by atoms with Crippen molar-refractivity contribution in [1.82, 2.24) is 0 Å². The Labute approximate surface area is 126 Å². The minimum Gasteiger partial charge on any atom is -0.441 e. The van der Waals surface area contributed by atoms with Gasteiger partial charge in [0.25, 0.3) is 0 Å². The highest BCUT2D eigenvalue weighted by Gasteiger charge is 2.15. The standard InChI is InChI=1S/C16H23N3O2/c1-16(2,3)21-15(20)18-17-13-7-9-14(10-8-13)19-11-5-4-6-12-19/h7-10H,4-6,11-12H2,1-3H3. The summed E-state index contributed by atoms with van der Waals surface area (Å²) in [5, 5.41) is 7.48. The van der Waals surface area contributed by atoms with Gasteiger partial charge in [-0.2, -0.15) is 0 Å². The van der Waals surface area contributed by atoms with Gasteiger partial charge in [-0.15, -0.1) is 5.11 Å². The molecule has 1 aromatic carbocycles. The maximum atomic E-state index is 11.5. The van der Waals surface area contributed by atoms with E-state index in [4.69, 9.17) is 4.74 Å². The van der Waals surface area contributed by atoms with Gasteiger partial charge >= 0.3 is 6.09 Å². The van der Waals surface area contributed by atoms with E-state index in [1.165, 1.54) is 24.9 Å². The molecule has 1 aromatic rings. The molecule has 1 amide bonds. The fourth-order valence-corrected chi connectivity index (χ4v) is 2.26. The van der Waals surface area contributed by atoms with E-state index in [9.17, 15) is 4.79 Å². The predicted molar refractivity (Wildman–Crippen MR) is 83.3 cm³/mol. The first-order valence-electron chi connectivity index (χ1n) is 7.44. The highest BCUT2D eigenvalue weighted by atomic mass is 16.6. The van der Waals surface area contributed by atoms with E-state index < -0.39 is 11.7 Å². The highest BCUT2D eigenvalue weighted by molar-refractivity contribution is 5.68. The van der Waals surface area contributed by atoms with E-state index >= 15 is 0 Å². The molecule has 1 aliphatic heterocycles. The van der Waals surface area contributed by atoms with Crippen LogP contribution in [-0.4, -0.2) is 24.8 Å². The zero-order chi connectivity index (χ0) is 15.3. The summed E-state index contributed by atoms with van der Waals surface area (Å²) >= 11 is 0. The molecule has 114 valence electrons. The molecule has 21 heavy (non-hydrogen) atoms.